The molecular weight excluding hydrogens is 214 g/mol. The number of rotatable bonds is 7. The Morgan fingerprint density at radius 3 is 2.41 bits per heavy atom. The van der Waals surface area contributed by atoms with E-state index >= 15 is 0 Å². The number of ether oxygens (including phenoxy) is 2. The van der Waals surface area contributed by atoms with Gasteiger partial charge in [-0.2, -0.15) is 0 Å². The minimum absolute atomic E-state index is 0.422. The van der Waals surface area contributed by atoms with Gasteiger partial charge in [-0.1, -0.05) is 6.92 Å². The van der Waals surface area contributed by atoms with E-state index in [-0.39, 0.29) is 0 Å². The topological polar surface area (TPSA) is 30.5 Å². The number of nitrogens with one attached hydrogen (secondary N) is 1. The van der Waals surface area contributed by atoms with Gasteiger partial charge in [-0.3, -0.25) is 0 Å². The van der Waals surface area contributed by atoms with Gasteiger partial charge in [0.05, 0.1) is 18.9 Å². The van der Waals surface area contributed by atoms with Crippen LogP contribution in [0.25, 0.3) is 0 Å². The molecule has 1 aromatic carbocycles. The third-order valence-electron chi connectivity index (χ3n) is 2.58. The molecule has 0 spiro atoms. The van der Waals surface area contributed by atoms with Crippen LogP contribution in [-0.4, -0.2) is 19.3 Å². The number of benzene rings is 1. The summed E-state index contributed by atoms with van der Waals surface area (Å²) in [4.78, 5) is 0. The average molecular weight is 237 g/mol. The predicted molar refractivity (Wildman–Crippen MR) is 72.2 cm³/mol. The minimum atomic E-state index is 0.422. The van der Waals surface area contributed by atoms with Crippen LogP contribution in [0.2, 0.25) is 0 Å². The summed E-state index contributed by atoms with van der Waals surface area (Å²) in [5.41, 5.74) is 1.01. The largest absolute Gasteiger partial charge is 0.494 e. The van der Waals surface area contributed by atoms with Crippen LogP contribution in [0, 0.1) is 0 Å². The molecule has 3 heteroatoms. The van der Waals surface area contributed by atoms with Crippen LogP contribution in [0.4, 0.5) is 5.69 Å². The van der Waals surface area contributed by atoms with Gasteiger partial charge in [0.15, 0.2) is 0 Å². The molecule has 0 aromatic heterocycles. The highest BCUT2D eigenvalue weighted by molar-refractivity contribution is 5.60. The number of hydrogen-bond acceptors (Lipinski definition) is 3. The van der Waals surface area contributed by atoms with Gasteiger partial charge < -0.3 is 14.8 Å². The lowest BCUT2D eigenvalue weighted by atomic mass is 10.2. The van der Waals surface area contributed by atoms with Gasteiger partial charge in [-0.15, -0.1) is 0 Å². The molecule has 1 unspecified atom stereocenters. The number of hydrogen-bond donors (Lipinski definition) is 1. The molecule has 1 atom stereocenters. The SMILES string of the molecule is CCOc1ccc(OCC)c(NC(C)CC)c1. The van der Waals surface area contributed by atoms with Gasteiger partial charge in [0.1, 0.15) is 11.5 Å². The molecule has 96 valence electrons. The Labute approximate surface area is 104 Å². The Morgan fingerprint density at radius 1 is 1.12 bits per heavy atom. The first-order valence-corrected chi connectivity index (χ1v) is 6.37. The van der Waals surface area contributed by atoms with E-state index in [0.29, 0.717) is 19.3 Å². The Kier molecular flexibility index (Phi) is 5.67. The van der Waals surface area contributed by atoms with Crippen molar-refractivity contribution in [1.82, 2.24) is 0 Å². The van der Waals surface area contributed by atoms with E-state index in [2.05, 4.69) is 19.2 Å². The van der Waals surface area contributed by atoms with Gasteiger partial charge in [0, 0.05) is 12.1 Å². The summed E-state index contributed by atoms with van der Waals surface area (Å²) in [6, 6.07) is 6.32. The highest BCUT2D eigenvalue weighted by atomic mass is 16.5. The molecule has 0 heterocycles. The van der Waals surface area contributed by atoms with E-state index in [9.17, 15) is 0 Å². The second-order valence-electron chi connectivity index (χ2n) is 3.98. The van der Waals surface area contributed by atoms with Gasteiger partial charge in [0.2, 0.25) is 0 Å². The summed E-state index contributed by atoms with van der Waals surface area (Å²) in [5.74, 6) is 1.76. The molecule has 0 aliphatic rings. The fraction of sp³-hybridized carbons (Fsp3) is 0.571. The predicted octanol–water partition coefficient (Wildman–Crippen LogP) is 3.69. The van der Waals surface area contributed by atoms with Crippen molar-refractivity contribution in [2.45, 2.75) is 40.2 Å². The van der Waals surface area contributed by atoms with Gasteiger partial charge in [0.25, 0.3) is 0 Å². The fourth-order valence-electron chi connectivity index (χ4n) is 1.53. The quantitative estimate of drug-likeness (QED) is 0.784. The standard InChI is InChI=1S/C14H23NO2/c1-5-11(4)15-13-10-12(16-6-2)8-9-14(13)17-7-3/h8-11,15H,5-7H2,1-4H3. The lowest BCUT2D eigenvalue weighted by Crippen LogP contribution is -2.14. The normalized spacial score (nSPS) is 12.0. The third kappa shape index (κ3) is 4.17. The summed E-state index contributed by atoms with van der Waals surface area (Å²) < 4.78 is 11.1. The van der Waals surface area contributed by atoms with E-state index in [1.807, 2.05) is 32.0 Å². The summed E-state index contributed by atoms with van der Waals surface area (Å²) >= 11 is 0. The number of anilines is 1. The smallest absolute Gasteiger partial charge is 0.142 e. The van der Waals surface area contributed by atoms with Crippen molar-refractivity contribution in [2.24, 2.45) is 0 Å². The first-order valence-electron chi connectivity index (χ1n) is 6.37. The molecule has 0 bridgehead atoms. The Hall–Kier alpha value is -1.38. The van der Waals surface area contributed by atoms with Gasteiger partial charge >= 0.3 is 0 Å². The molecule has 0 amide bonds. The van der Waals surface area contributed by atoms with Crippen molar-refractivity contribution in [3.8, 4) is 11.5 Å². The first-order chi connectivity index (χ1) is 8.21. The summed E-state index contributed by atoms with van der Waals surface area (Å²) in [7, 11) is 0. The monoisotopic (exact) mass is 237 g/mol. The van der Waals surface area contributed by atoms with Crippen LogP contribution in [0.1, 0.15) is 34.1 Å². The molecule has 1 N–H and O–H groups in total. The molecule has 1 aromatic rings. The third-order valence-corrected chi connectivity index (χ3v) is 2.58. The van der Waals surface area contributed by atoms with Gasteiger partial charge in [-0.05, 0) is 39.3 Å². The van der Waals surface area contributed by atoms with Crippen LogP contribution in [0.15, 0.2) is 18.2 Å². The highest BCUT2D eigenvalue weighted by Gasteiger charge is 2.07. The molecule has 0 saturated heterocycles. The van der Waals surface area contributed by atoms with Gasteiger partial charge in [-0.25, -0.2) is 0 Å². The molecule has 0 fully saturated rings. The molecule has 17 heavy (non-hydrogen) atoms. The molecule has 1 rings (SSSR count). The zero-order chi connectivity index (χ0) is 12.7. The molecular formula is C14H23NO2. The second-order valence-corrected chi connectivity index (χ2v) is 3.98. The van der Waals surface area contributed by atoms with Crippen LogP contribution in [0.5, 0.6) is 11.5 Å². The van der Waals surface area contributed by atoms with Crippen LogP contribution >= 0.6 is 0 Å². The maximum Gasteiger partial charge on any atom is 0.142 e. The van der Waals surface area contributed by atoms with E-state index in [4.69, 9.17) is 9.47 Å². The van der Waals surface area contributed by atoms with Crippen molar-refractivity contribution < 1.29 is 9.47 Å². The molecule has 0 aliphatic heterocycles. The fourth-order valence-corrected chi connectivity index (χ4v) is 1.53. The highest BCUT2D eigenvalue weighted by Crippen LogP contribution is 2.30. The molecule has 3 nitrogen and oxygen atoms in total. The zero-order valence-corrected chi connectivity index (χ0v) is 11.2. The van der Waals surface area contributed by atoms with Crippen molar-refractivity contribution in [1.29, 1.82) is 0 Å². The summed E-state index contributed by atoms with van der Waals surface area (Å²) in [5, 5.41) is 3.44. The first kappa shape index (κ1) is 13.7. The Bertz CT molecular complexity index is 339. The molecule has 0 saturated carbocycles. The van der Waals surface area contributed by atoms with Crippen molar-refractivity contribution in [3.05, 3.63) is 18.2 Å². The Morgan fingerprint density at radius 2 is 1.82 bits per heavy atom. The maximum absolute atomic E-state index is 5.60. The zero-order valence-electron chi connectivity index (χ0n) is 11.2. The van der Waals surface area contributed by atoms with Crippen molar-refractivity contribution in [3.63, 3.8) is 0 Å². The second kappa shape index (κ2) is 7.05. The van der Waals surface area contributed by atoms with Crippen LogP contribution < -0.4 is 14.8 Å². The van der Waals surface area contributed by atoms with Crippen LogP contribution in [-0.2, 0) is 0 Å². The maximum atomic E-state index is 5.60. The Balaban J connectivity index is 2.89. The average Bonchev–Trinajstić information content (AvgIpc) is 2.33. The van der Waals surface area contributed by atoms with E-state index < -0.39 is 0 Å². The summed E-state index contributed by atoms with van der Waals surface area (Å²) in [6.45, 7) is 9.63. The van der Waals surface area contributed by atoms with E-state index in [0.717, 1.165) is 23.6 Å². The molecule has 0 aliphatic carbocycles. The minimum Gasteiger partial charge on any atom is -0.494 e. The van der Waals surface area contributed by atoms with E-state index in [1.54, 1.807) is 0 Å². The lowest BCUT2D eigenvalue weighted by molar-refractivity contribution is 0.331. The van der Waals surface area contributed by atoms with Crippen molar-refractivity contribution >= 4 is 5.69 Å². The van der Waals surface area contributed by atoms with Crippen molar-refractivity contribution in [2.75, 3.05) is 18.5 Å². The summed E-state index contributed by atoms with van der Waals surface area (Å²) in [6.07, 6.45) is 1.07. The lowest BCUT2D eigenvalue weighted by Gasteiger charge is -2.17. The van der Waals surface area contributed by atoms with E-state index in [1.165, 1.54) is 0 Å². The molecule has 0 radical (unpaired) electrons. The van der Waals surface area contributed by atoms with Crippen LogP contribution in [0.3, 0.4) is 0 Å².